The molecule has 0 fully saturated rings. The second-order valence-electron chi connectivity index (χ2n) is 4.10. The number of hydrogen-bond acceptors (Lipinski definition) is 5. The van der Waals surface area contributed by atoms with Crippen LogP contribution in [0.5, 0.6) is 0 Å². The summed E-state index contributed by atoms with van der Waals surface area (Å²) in [5.74, 6) is 1.49. The van der Waals surface area contributed by atoms with Crippen LogP contribution in [0.1, 0.15) is 22.2 Å². The van der Waals surface area contributed by atoms with Crippen molar-refractivity contribution in [2.45, 2.75) is 26.9 Å². The second-order valence-corrected chi connectivity index (χ2v) is 5.04. The molecule has 2 aromatic heterocycles. The number of hydrogen-bond donors (Lipinski definition) is 2. The Balaban J connectivity index is 1.80. The molecule has 0 aliphatic heterocycles. The van der Waals surface area contributed by atoms with Crippen molar-refractivity contribution in [2.75, 3.05) is 7.05 Å². The van der Waals surface area contributed by atoms with Gasteiger partial charge in [-0.1, -0.05) is 5.16 Å². The number of aromatic nitrogens is 2. The van der Waals surface area contributed by atoms with Crippen LogP contribution in [0.4, 0.5) is 0 Å². The van der Waals surface area contributed by atoms with Crippen LogP contribution >= 0.6 is 11.3 Å². The van der Waals surface area contributed by atoms with Gasteiger partial charge in [0.15, 0.2) is 11.7 Å². The Hall–Kier alpha value is -1.89. The summed E-state index contributed by atoms with van der Waals surface area (Å²) < 4.78 is 5.12. The average molecular weight is 279 g/mol. The number of aliphatic imine (C=N–C) groups is 1. The molecule has 0 amide bonds. The van der Waals surface area contributed by atoms with Crippen LogP contribution in [0, 0.1) is 13.8 Å². The number of aryl methyl sites for hydroxylation is 2. The maximum atomic E-state index is 5.12. The molecule has 0 bridgehead atoms. The number of nitrogens with one attached hydrogen (secondary N) is 2. The highest BCUT2D eigenvalue weighted by Crippen LogP contribution is 2.07. The maximum absolute atomic E-state index is 5.12. The Kier molecular flexibility index (Phi) is 4.51. The quantitative estimate of drug-likeness (QED) is 0.657. The van der Waals surface area contributed by atoms with Gasteiger partial charge in [0.1, 0.15) is 5.01 Å². The SMILES string of the molecule is CN=C(NCc1cc(C)no1)NCc1nc(C)cs1. The minimum Gasteiger partial charge on any atom is -0.359 e. The van der Waals surface area contributed by atoms with E-state index in [1.165, 1.54) is 0 Å². The van der Waals surface area contributed by atoms with E-state index in [0.29, 0.717) is 19.0 Å². The largest absolute Gasteiger partial charge is 0.359 e. The van der Waals surface area contributed by atoms with Gasteiger partial charge in [-0.25, -0.2) is 4.98 Å². The normalized spacial score (nSPS) is 11.6. The van der Waals surface area contributed by atoms with Crippen molar-refractivity contribution in [3.8, 4) is 0 Å². The van der Waals surface area contributed by atoms with Gasteiger partial charge < -0.3 is 15.2 Å². The Bertz CT molecular complexity index is 514. The van der Waals surface area contributed by atoms with Crippen LogP contribution in [-0.2, 0) is 13.1 Å². The molecule has 7 heteroatoms. The highest BCUT2D eigenvalue weighted by molar-refractivity contribution is 7.09. The van der Waals surface area contributed by atoms with Gasteiger partial charge in [-0.05, 0) is 13.8 Å². The Morgan fingerprint density at radius 2 is 2.11 bits per heavy atom. The predicted molar refractivity (Wildman–Crippen MR) is 75.1 cm³/mol. The Morgan fingerprint density at radius 1 is 1.32 bits per heavy atom. The average Bonchev–Trinajstić information content (AvgIpc) is 2.99. The fourth-order valence-corrected chi connectivity index (χ4v) is 2.25. The summed E-state index contributed by atoms with van der Waals surface area (Å²) in [5.41, 5.74) is 1.92. The van der Waals surface area contributed by atoms with Crippen molar-refractivity contribution in [3.05, 3.63) is 33.6 Å². The monoisotopic (exact) mass is 279 g/mol. The molecule has 0 saturated carbocycles. The number of thiazole rings is 1. The number of nitrogens with zero attached hydrogens (tertiary/aromatic N) is 3. The van der Waals surface area contributed by atoms with E-state index in [2.05, 4.69) is 25.8 Å². The molecule has 2 N–H and O–H groups in total. The number of guanidine groups is 1. The molecule has 102 valence electrons. The summed E-state index contributed by atoms with van der Waals surface area (Å²) in [4.78, 5) is 8.52. The van der Waals surface area contributed by atoms with Gasteiger partial charge in [-0.15, -0.1) is 11.3 Å². The fraction of sp³-hybridized carbons (Fsp3) is 0.417. The van der Waals surface area contributed by atoms with E-state index in [9.17, 15) is 0 Å². The molecule has 0 unspecified atom stereocenters. The van der Waals surface area contributed by atoms with Gasteiger partial charge in [0, 0.05) is 24.2 Å². The van der Waals surface area contributed by atoms with Gasteiger partial charge in [-0.3, -0.25) is 4.99 Å². The molecule has 0 spiro atoms. The predicted octanol–water partition coefficient (Wildman–Crippen LogP) is 1.61. The smallest absolute Gasteiger partial charge is 0.191 e. The first-order valence-corrected chi connectivity index (χ1v) is 6.83. The van der Waals surface area contributed by atoms with Gasteiger partial charge in [0.25, 0.3) is 0 Å². The van der Waals surface area contributed by atoms with Crippen LogP contribution < -0.4 is 10.6 Å². The minimum atomic E-state index is 0.553. The molecule has 0 aromatic carbocycles. The third-order valence-corrected chi connectivity index (χ3v) is 3.37. The van der Waals surface area contributed by atoms with E-state index < -0.39 is 0 Å². The third-order valence-electron chi connectivity index (χ3n) is 2.40. The summed E-state index contributed by atoms with van der Waals surface area (Å²) in [6.45, 7) is 5.09. The first-order valence-electron chi connectivity index (χ1n) is 5.95. The van der Waals surface area contributed by atoms with Crippen molar-refractivity contribution in [2.24, 2.45) is 4.99 Å². The molecule has 0 aliphatic carbocycles. The zero-order valence-corrected chi connectivity index (χ0v) is 12.0. The highest BCUT2D eigenvalue weighted by Gasteiger charge is 2.04. The Labute approximate surface area is 115 Å². The van der Waals surface area contributed by atoms with Crippen molar-refractivity contribution in [1.29, 1.82) is 0 Å². The van der Waals surface area contributed by atoms with Crippen LogP contribution in [0.2, 0.25) is 0 Å². The molecule has 2 heterocycles. The lowest BCUT2D eigenvalue weighted by Gasteiger charge is -2.09. The van der Waals surface area contributed by atoms with Gasteiger partial charge in [0.2, 0.25) is 0 Å². The molecule has 19 heavy (non-hydrogen) atoms. The van der Waals surface area contributed by atoms with Crippen LogP contribution in [0.3, 0.4) is 0 Å². The molecule has 2 aromatic rings. The summed E-state index contributed by atoms with van der Waals surface area (Å²) >= 11 is 1.63. The molecule has 0 saturated heterocycles. The minimum absolute atomic E-state index is 0.553. The van der Waals surface area contributed by atoms with Crippen LogP contribution in [0.25, 0.3) is 0 Å². The summed E-state index contributed by atoms with van der Waals surface area (Å²) in [6.07, 6.45) is 0. The summed E-state index contributed by atoms with van der Waals surface area (Å²) in [5, 5.41) is 13.3. The second kappa shape index (κ2) is 6.33. The van der Waals surface area contributed by atoms with Crippen molar-refractivity contribution in [3.63, 3.8) is 0 Å². The molecule has 6 nitrogen and oxygen atoms in total. The van der Waals surface area contributed by atoms with Gasteiger partial charge in [-0.2, -0.15) is 0 Å². The lowest BCUT2D eigenvalue weighted by atomic mass is 10.4. The molecule has 0 atom stereocenters. The number of rotatable bonds is 4. The first-order chi connectivity index (χ1) is 9.17. The lowest BCUT2D eigenvalue weighted by Crippen LogP contribution is -2.36. The van der Waals surface area contributed by atoms with Crippen LogP contribution in [-0.4, -0.2) is 23.1 Å². The van der Waals surface area contributed by atoms with Crippen molar-refractivity contribution in [1.82, 2.24) is 20.8 Å². The van der Waals surface area contributed by atoms with Crippen molar-refractivity contribution >= 4 is 17.3 Å². The zero-order valence-electron chi connectivity index (χ0n) is 11.2. The molecule has 0 aliphatic rings. The standard InChI is InChI=1S/C12H17N5OS/c1-8-4-10(18-17-8)5-14-12(13-3)15-6-11-16-9(2)7-19-11/h4,7H,5-6H2,1-3H3,(H2,13,14,15). The lowest BCUT2D eigenvalue weighted by molar-refractivity contribution is 0.376. The summed E-state index contributed by atoms with van der Waals surface area (Å²) in [6, 6.07) is 1.89. The topological polar surface area (TPSA) is 75.3 Å². The van der Waals surface area contributed by atoms with E-state index in [-0.39, 0.29) is 0 Å². The molecular formula is C12H17N5OS. The van der Waals surface area contributed by atoms with Gasteiger partial charge in [0.05, 0.1) is 18.8 Å². The first kappa shape index (κ1) is 13.5. The fourth-order valence-electron chi connectivity index (χ4n) is 1.53. The zero-order chi connectivity index (χ0) is 13.7. The molecular weight excluding hydrogens is 262 g/mol. The van der Waals surface area contributed by atoms with Crippen molar-refractivity contribution < 1.29 is 4.52 Å². The van der Waals surface area contributed by atoms with Crippen LogP contribution in [0.15, 0.2) is 21.0 Å². The van der Waals surface area contributed by atoms with E-state index in [1.54, 1.807) is 18.4 Å². The molecule has 2 rings (SSSR count). The van der Waals surface area contributed by atoms with E-state index in [4.69, 9.17) is 4.52 Å². The van der Waals surface area contributed by atoms with E-state index >= 15 is 0 Å². The van der Waals surface area contributed by atoms with E-state index in [1.807, 2.05) is 25.3 Å². The van der Waals surface area contributed by atoms with Gasteiger partial charge >= 0.3 is 0 Å². The van der Waals surface area contributed by atoms with E-state index in [0.717, 1.165) is 22.2 Å². The summed E-state index contributed by atoms with van der Waals surface area (Å²) in [7, 11) is 1.73. The maximum Gasteiger partial charge on any atom is 0.191 e. The Morgan fingerprint density at radius 3 is 2.68 bits per heavy atom. The third kappa shape index (κ3) is 4.06. The molecule has 0 radical (unpaired) electrons. The highest BCUT2D eigenvalue weighted by atomic mass is 32.1.